The molecule has 0 aromatic heterocycles. The summed E-state index contributed by atoms with van der Waals surface area (Å²) in [5, 5.41) is 3.46. The summed E-state index contributed by atoms with van der Waals surface area (Å²) in [5.74, 6) is 3.31. The van der Waals surface area contributed by atoms with Crippen molar-refractivity contribution in [1.29, 1.82) is 0 Å². The monoisotopic (exact) mass is 166 g/mol. The van der Waals surface area contributed by atoms with E-state index in [9.17, 15) is 0 Å². The third kappa shape index (κ3) is 2.51. The number of rotatable bonds is 4. The van der Waals surface area contributed by atoms with E-state index in [4.69, 9.17) is 12.2 Å². The highest BCUT2D eigenvalue weighted by Gasteiger charge is 2.24. The number of hydrogen-bond acceptors (Lipinski definition) is 2. The van der Waals surface area contributed by atoms with Crippen LogP contribution in [0, 0.1) is 18.3 Å². The zero-order chi connectivity index (χ0) is 8.81. The molecule has 1 rings (SSSR count). The molecular formula is C10H18N2. The van der Waals surface area contributed by atoms with Gasteiger partial charge in [0.1, 0.15) is 0 Å². The lowest BCUT2D eigenvalue weighted by Crippen LogP contribution is -2.36. The molecule has 1 fully saturated rings. The van der Waals surface area contributed by atoms with Gasteiger partial charge in [0, 0.05) is 19.0 Å². The number of hydrogen-bond donors (Lipinski definition) is 2. The summed E-state index contributed by atoms with van der Waals surface area (Å²) >= 11 is 0. The van der Waals surface area contributed by atoms with Gasteiger partial charge in [-0.3, -0.25) is 0 Å². The first kappa shape index (κ1) is 9.57. The fraction of sp³-hybridized carbons (Fsp3) is 0.800. The molecule has 0 bridgehead atoms. The topological polar surface area (TPSA) is 38.0 Å². The summed E-state index contributed by atoms with van der Waals surface area (Å²) in [7, 11) is 0. The lowest BCUT2D eigenvalue weighted by molar-refractivity contribution is 0.412. The Morgan fingerprint density at radius 1 is 1.50 bits per heavy atom. The Hall–Kier alpha value is -0.520. The predicted molar refractivity (Wildman–Crippen MR) is 51.6 cm³/mol. The second-order valence-electron chi connectivity index (χ2n) is 3.44. The molecule has 0 aromatic carbocycles. The van der Waals surface area contributed by atoms with Crippen LogP contribution < -0.4 is 11.1 Å². The van der Waals surface area contributed by atoms with E-state index in [0.717, 1.165) is 19.5 Å². The smallest absolute Gasteiger partial charge is 0.0212 e. The van der Waals surface area contributed by atoms with Gasteiger partial charge in [-0.1, -0.05) is 6.42 Å². The molecule has 1 aliphatic carbocycles. The summed E-state index contributed by atoms with van der Waals surface area (Å²) < 4.78 is 0. The summed E-state index contributed by atoms with van der Waals surface area (Å²) in [4.78, 5) is 0. The average Bonchev–Trinajstić information content (AvgIpc) is 2.52. The van der Waals surface area contributed by atoms with E-state index in [-0.39, 0.29) is 0 Å². The normalized spacial score (nSPS) is 28.7. The van der Waals surface area contributed by atoms with Gasteiger partial charge >= 0.3 is 0 Å². The Labute approximate surface area is 74.9 Å². The second kappa shape index (κ2) is 5.18. The Kier molecular flexibility index (Phi) is 4.13. The largest absolute Gasteiger partial charge is 0.330 e. The van der Waals surface area contributed by atoms with Crippen molar-refractivity contribution >= 4 is 0 Å². The van der Waals surface area contributed by atoms with Crippen LogP contribution >= 0.6 is 0 Å². The molecule has 0 spiro atoms. The van der Waals surface area contributed by atoms with Crippen molar-refractivity contribution in [3.8, 4) is 12.3 Å². The Bertz CT molecular complexity index is 160. The number of nitrogens with one attached hydrogen (secondary N) is 1. The van der Waals surface area contributed by atoms with E-state index < -0.39 is 0 Å². The first-order valence-corrected chi connectivity index (χ1v) is 4.75. The minimum absolute atomic E-state index is 0.628. The molecule has 2 nitrogen and oxygen atoms in total. The molecule has 2 unspecified atom stereocenters. The standard InChI is InChI=1S/C10H18N2/c1-2-3-7-12-10-6-4-5-9(10)8-11/h1,9-10,12H,3-8,11H2. The fourth-order valence-corrected chi connectivity index (χ4v) is 1.92. The maximum atomic E-state index is 5.65. The Morgan fingerprint density at radius 2 is 2.33 bits per heavy atom. The maximum Gasteiger partial charge on any atom is 0.0212 e. The molecule has 68 valence electrons. The van der Waals surface area contributed by atoms with Crippen LogP contribution in [0.15, 0.2) is 0 Å². The van der Waals surface area contributed by atoms with E-state index in [1.165, 1.54) is 19.3 Å². The van der Waals surface area contributed by atoms with Crippen molar-refractivity contribution in [2.24, 2.45) is 11.7 Å². The zero-order valence-corrected chi connectivity index (χ0v) is 7.55. The van der Waals surface area contributed by atoms with Crippen molar-refractivity contribution in [3.05, 3.63) is 0 Å². The van der Waals surface area contributed by atoms with Gasteiger partial charge in [-0.15, -0.1) is 12.3 Å². The molecule has 0 saturated heterocycles. The second-order valence-corrected chi connectivity index (χ2v) is 3.44. The minimum Gasteiger partial charge on any atom is -0.330 e. The van der Waals surface area contributed by atoms with Gasteiger partial charge in [0.25, 0.3) is 0 Å². The minimum atomic E-state index is 0.628. The van der Waals surface area contributed by atoms with Crippen LogP contribution in [0.5, 0.6) is 0 Å². The average molecular weight is 166 g/mol. The molecular weight excluding hydrogens is 148 g/mol. The maximum absolute atomic E-state index is 5.65. The third-order valence-corrected chi connectivity index (χ3v) is 2.64. The third-order valence-electron chi connectivity index (χ3n) is 2.64. The Balaban J connectivity index is 2.18. The molecule has 0 heterocycles. The van der Waals surface area contributed by atoms with Crippen LogP contribution in [0.25, 0.3) is 0 Å². The van der Waals surface area contributed by atoms with Crippen molar-refractivity contribution in [3.63, 3.8) is 0 Å². The van der Waals surface area contributed by atoms with E-state index in [1.807, 2.05) is 0 Å². The van der Waals surface area contributed by atoms with Crippen LogP contribution in [-0.4, -0.2) is 19.1 Å². The van der Waals surface area contributed by atoms with Crippen LogP contribution in [-0.2, 0) is 0 Å². The van der Waals surface area contributed by atoms with Gasteiger partial charge in [-0.2, -0.15) is 0 Å². The van der Waals surface area contributed by atoms with Crippen LogP contribution in [0.2, 0.25) is 0 Å². The molecule has 0 amide bonds. The molecule has 0 aromatic rings. The van der Waals surface area contributed by atoms with Gasteiger partial charge in [0.05, 0.1) is 0 Å². The molecule has 0 aliphatic heterocycles. The van der Waals surface area contributed by atoms with Gasteiger partial charge < -0.3 is 11.1 Å². The van der Waals surface area contributed by atoms with Crippen molar-refractivity contribution in [1.82, 2.24) is 5.32 Å². The van der Waals surface area contributed by atoms with E-state index in [0.29, 0.717) is 12.0 Å². The first-order valence-electron chi connectivity index (χ1n) is 4.75. The van der Waals surface area contributed by atoms with Gasteiger partial charge in [0.2, 0.25) is 0 Å². The predicted octanol–water partition coefficient (Wildman–Crippen LogP) is 0.727. The lowest BCUT2D eigenvalue weighted by atomic mass is 10.0. The number of nitrogens with two attached hydrogens (primary N) is 1. The van der Waals surface area contributed by atoms with Crippen molar-refractivity contribution < 1.29 is 0 Å². The van der Waals surface area contributed by atoms with Gasteiger partial charge in [-0.25, -0.2) is 0 Å². The van der Waals surface area contributed by atoms with E-state index in [1.54, 1.807) is 0 Å². The van der Waals surface area contributed by atoms with Crippen LogP contribution in [0.3, 0.4) is 0 Å². The summed E-state index contributed by atoms with van der Waals surface area (Å²) in [5.41, 5.74) is 5.65. The van der Waals surface area contributed by atoms with Gasteiger partial charge in [0.15, 0.2) is 0 Å². The van der Waals surface area contributed by atoms with Crippen molar-refractivity contribution in [2.45, 2.75) is 31.7 Å². The van der Waals surface area contributed by atoms with E-state index in [2.05, 4.69) is 11.2 Å². The SMILES string of the molecule is C#CCCNC1CCCC1CN. The fourth-order valence-electron chi connectivity index (χ4n) is 1.92. The molecule has 2 heteroatoms. The summed E-state index contributed by atoms with van der Waals surface area (Å²) in [6, 6.07) is 0.628. The number of terminal acetylenes is 1. The summed E-state index contributed by atoms with van der Waals surface area (Å²) in [6.45, 7) is 1.76. The highest BCUT2D eigenvalue weighted by molar-refractivity contribution is 4.88. The van der Waals surface area contributed by atoms with Crippen LogP contribution in [0.1, 0.15) is 25.7 Å². The molecule has 1 saturated carbocycles. The first-order chi connectivity index (χ1) is 5.88. The lowest BCUT2D eigenvalue weighted by Gasteiger charge is -2.18. The molecule has 2 atom stereocenters. The van der Waals surface area contributed by atoms with Crippen molar-refractivity contribution in [2.75, 3.05) is 13.1 Å². The molecule has 3 N–H and O–H groups in total. The van der Waals surface area contributed by atoms with E-state index >= 15 is 0 Å². The quantitative estimate of drug-likeness (QED) is 0.477. The summed E-state index contributed by atoms with van der Waals surface area (Å²) in [6.07, 6.45) is 9.86. The highest BCUT2D eigenvalue weighted by Crippen LogP contribution is 2.24. The van der Waals surface area contributed by atoms with Gasteiger partial charge in [-0.05, 0) is 25.3 Å². The molecule has 12 heavy (non-hydrogen) atoms. The Morgan fingerprint density at radius 3 is 3.00 bits per heavy atom. The highest BCUT2D eigenvalue weighted by atomic mass is 14.9. The van der Waals surface area contributed by atoms with Crippen LogP contribution in [0.4, 0.5) is 0 Å². The molecule has 0 radical (unpaired) electrons. The molecule has 1 aliphatic rings. The zero-order valence-electron chi connectivity index (χ0n) is 7.55.